The molecule has 2 unspecified atom stereocenters. The number of ether oxygens (including phenoxy) is 2. The Balaban J connectivity index is 4.14. The first-order valence-electron chi connectivity index (χ1n) is 30.0. The molecule has 0 aromatic carbocycles. The molecule has 0 saturated carbocycles. The second kappa shape index (κ2) is 53.5. The SMILES string of the molecule is CC/C=C\C/C=C\C/C=C\C/C=C\CCCCCCCCCCCCC(=O)OC(COC(=O)CCCCCCCCCCCCCCC/C=C\CCCCCCCCCC)COP(=O)([O-])OCC[N+](C)(C)C. The molecule has 0 aromatic rings. The minimum atomic E-state index is -4.64. The summed E-state index contributed by atoms with van der Waals surface area (Å²) < 4.78 is 34.2. The summed E-state index contributed by atoms with van der Waals surface area (Å²) in [7, 11) is 1.17. The third-order valence-corrected chi connectivity index (χ3v) is 14.0. The van der Waals surface area contributed by atoms with E-state index in [4.69, 9.17) is 18.5 Å². The van der Waals surface area contributed by atoms with Crippen molar-refractivity contribution in [3.05, 3.63) is 60.8 Å². The molecule has 0 aliphatic heterocycles. The second-order valence-corrected chi connectivity index (χ2v) is 22.7. The van der Waals surface area contributed by atoms with E-state index in [-0.39, 0.29) is 32.0 Å². The normalized spacial score (nSPS) is 13.7. The van der Waals surface area contributed by atoms with Gasteiger partial charge in [-0.1, -0.05) is 242 Å². The zero-order valence-corrected chi connectivity index (χ0v) is 48.5. The van der Waals surface area contributed by atoms with Crippen molar-refractivity contribution in [1.29, 1.82) is 0 Å². The molecular formula is C62H114NO8P. The second-order valence-electron chi connectivity index (χ2n) is 21.3. The monoisotopic (exact) mass is 1030 g/mol. The van der Waals surface area contributed by atoms with Gasteiger partial charge in [-0.2, -0.15) is 0 Å². The minimum absolute atomic E-state index is 0.0327. The number of phosphoric acid groups is 1. The lowest BCUT2D eigenvalue weighted by molar-refractivity contribution is -0.870. The number of likely N-dealkylation sites (N-methyl/N-ethyl adjacent to an activating group) is 1. The van der Waals surface area contributed by atoms with Crippen molar-refractivity contribution in [3.63, 3.8) is 0 Å². The van der Waals surface area contributed by atoms with E-state index in [0.29, 0.717) is 17.4 Å². The van der Waals surface area contributed by atoms with E-state index < -0.39 is 26.5 Å². The van der Waals surface area contributed by atoms with Crippen molar-refractivity contribution in [3.8, 4) is 0 Å². The maximum absolute atomic E-state index is 12.8. The van der Waals surface area contributed by atoms with Crippen LogP contribution in [0.2, 0.25) is 0 Å². The van der Waals surface area contributed by atoms with Gasteiger partial charge in [0.25, 0.3) is 7.82 Å². The third-order valence-electron chi connectivity index (χ3n) is 13.0. The summed E-state index contributed by atoms with van der Waals surface area (Å²) >= 11 is 0. The Hall–Kier alpha value is -2.29. The zero-order valence-electron chi connectivity index (χ0n) is 47.6. The molecule has 10 heteroatoms. The van der Waals surface area contributed by atoms with Crippen molar-refractivity contribution in [1.82, 2.24) is 0 Å². The molecule has 2 atom stereocenters. The molecule has 0 N–H and O–H groups in total. The maximum Gasteiger partial charge on any atom is 0.306 e. The summed E-state index contributed by atoms with van der Waals surface area (Å²) in [5.41, 5.74) is 0. The van der Waals surface area contributed by atoms with Crippen LogP contribution in [0.15, 0.2) is 60.8 Å². The molecule has 0 amide bonds. The lowest BCUT2D eigenvalue weighted by Gasteiger charge is -2.28. The van der Waals surface area contributed by atoms with Crippen LogP contribution in [-0.2, 0) is 32.7 Å². The molecule has 0 saturated heterocycles. The van der Waals surface area contributed by atoms with Crippen LogP contribution >= 0.6 is 7.82 Å². The van der Waals surface area contributed by atoms with Gasteiger partial charge >= 0.3 is 11.9 Å². The standard InChI is InChI=1S/C62H114NO8P/c1-6-8-10-12-14-16-18-20-22-24-26-28-30-31-33-34-36-38-40-42-44-46-48-50-52-54-61(64)68-58-60(59-70-72(66,67)69-57-56-63(3,4)5)71-62(65)55-53-51-49-47-45-43-41-39-37-35-32-29-27-25-23-21-19-17-15-13-11-9-7-2/h9,11,15,17,21,23-24,26-27,29,60H,6-8,10,12-14,16,18-20,22,25,28,30-59H2,1-5H3/b11-9-,17-15-,23-21-,26-24-,29-27-. The van der Waals surface area contributed by atoms with Gasteiger partial charge in [0.2, 0.25) is 0 Å². The number of phosphoric ester groups is 1. The minimum Gasteiger partial charge on any atom is -0.756 e. The Kier molecular flexibility index (Phi) is 51.8. The number of rotatable bonds is 55. The highest BCUT2D eigenvalue weighted by Gasteiger charge is 2.22. The number of nitrogens with zero attached hydrogens (tertiary/aromatic N) is 1. The summed E-state index contributed by atoms with van der Waals surface area (Å²) in [5.74, 6) is -0.831. The molecule has 420 valence electrons. The number of quaternary nitrogens is 1. The summed E-state index contributed by atoms with van der Waals surface area (Å²) in [4.78, 5) is 37.9. The van der Waals surface area contributed by atoms with Gasteiger partial charge < -0.3 is 27.9 Å². The molecule has 0 bridgehead atoms. The van der Waals surface area contributed by atoms with Gasteiger partial charge in [0, 0.05) is 12.8 Å². The van der Waals surface area contributed by atoms with Crippen molar-refractivity contribution in [2.45, 2.75) is 277 Å². The first-order chi connectivity index (χ1) is 35.0. The van der Waals surface area contributed by atoms with Crippen LogP contribution in [-0.4, -0.2) is 70.0 Å². The van der Waals surface area contributed by atoms with Crippen LogP contribution in [0.4, 0.5) is 0 Å². The van der Waals surface area contributed by atoms with E-state index in [1.165, 1.54) is 167 Å². The Morgan fingerprint density at radius 1 is 0.444 bits per heavy atom. The number of hydrogen-bond acceptors (Lipinski definition) is 8. The lowest BCUT2D eigenvalue weighted by Crippen LogP contribution is -2.37. The van der Waals surface area contributed by atoms with Crippen LogP contribution in [0.25, 0.3) is 0 Å². The first-order valence-corrected chi connectivity index (χ1v) is 31.5. The number of esters is 2. The zero-order chi connectivity index (χ0) is 52.7. The molecule has 0 radical (unpaired) electrons. The van der Waals surface area contributed by atoms with Gasteiger partial charge in [0.05, 0.1) is 27.7 Å². The molecule has 0 aliphatic carbocycles. The predicted octanol–water partition coefficient (Wildman–Crippen LogP) is 18.1. The van der Waals surface area contributed by atoms with Crippen LogP contribution in [0.1, 0.15) is 271 Å². The largest absolute Gasteiger partial charge is 0.756 e. The van der Waals surface area contributed by atoms with Crippen molar-refractivity contribution >= 4 is 19.8 Å². The van der Waals surface area contributed by atoms with Crippen LogP contribution in [0.5, 0.6) is 0 Å². The first kappa shape index (κ1) is 69.7. The maximum atomic E-state index is 12.8. The highest BCUT2D eigenvalue weighted by Crippen LogP contribution is 2.38. The van der Waals surface area contributed by atoms with Crippen molar-refractivity contribution in [2.24, 2.45) is 0 Å². The molecular weight excluding hydrogens is 918 g/mol. The van der Waals surface area contributed by atoms with E-state index in [9.17, 15) is 19.0 Å². The quantitative estimate of drug-likeness (QED) is 0.0195. The van der Waals surface area contributed by atoms with E-state index in [2.05, 4.69) is 74.6 Å². The number of carbonyl (C=O) groups is 2. The number of unbranched alkanes of at least 4 members (excludes halogenated alkanes) is 31. The Bertz CT molecular complexity index is 1400. The van der Waals surface area contributed by atoms with Crippen molar-refractivity contribution in [2.75, 3.05) is 47.5 Å². The van der Waals surface area contributed by atoms with Crippen LogP contribution in [0.3, 0.4) is 0 Å². The smallest absolute Gasteiger partial charge is 0.306 e. The Morgan fingerprint density at radius 2 is 0.792 bits per heavy atom. The highest BCUT2D eigenvalue weighted by atomic mass is 31.2. The Labute approximate surface area is 445 Å². The van der Waals surface area contributed by atoms with E-state index >= 15 is 0 Å². The lowest BCUT2D eigenvalue weighted by atomic mass is 10.0. The van der Waals surface area contributed by atoms with Gasteiger partial charge in [-0.25, -0.2) is 0 Å². The van der Waals surface area contributed by atoms with Gasteiger partial charge in [-0.3, -0.25) is 14.2 Å². The van der Waals surface area contributed by atoms with Crippen LogP contribution < -0.4 is 4.89 Å². The molecule has 72 heavy (non-hydrogen) atoms. The van der Waals surface area contributed by atoms with Gasteiger partial charge in [0.1, 0.15) is 19.8 Å². The van der Waals surface area contributed by atoms with Crippen LogP contribution in [0, 0.1) is 0 Å². The number of carbonyl (C=O) groups excluding carboxylic acids is 2. The predicted molar refractivity (Wildman–Crippen MR) is 305 cm³/mol. The van der Waals surface area contributed by atoms with E-state index in [1.807, 2.05) is 21.1 Å². The molecule has 0 fully saturated rings. The van der Waals surface area contributed by atoms with Gasteiger partial charge in [-0.15, -0.1) is 0 Å². The molecule has 0 rings (SSSR count). The van der Waals surface area contributed by atoms with E-state index in [0.717, 1.165) is 70.6 Å². The average molecular weight is 1030 g/mol. The molecule has 0 aromatic heterocycles. The van der Waals surface area contributed by atoms with Crippen molar-refractivity contribution < 1.29 is 42.1 Å². The summed E-state index contributed by atoms with van der Waals surface area (Å²) in [5, 5.41) is 0. The average Bonchev–Trinajstić information content (AvgIpc) is 3.34. The summed E-state index contributed by atoms with van der Waals surface area (Å²) in [6.45, 7) is 4.15. The molecule has 0 heterocycles. The molecule has 0 spiro atoms. The van der Waals surface area contributed by atoms with Gasteiger partial charge in [0.15, 0.2) is 6.10 Å². The summed E-state index contributed by atoms with van der Waals surface area (Å²) in [6.07, 6.45) is 68.4. The fourth-order valence-electron chi connectivity index (χ4n) is 8.41. The highest BCUT2D eigenvalue weighted by molar-refractivity contribution is 7.45. The molecule has 9 nitrogen and oxygen atoms in total. The third kappa shape index (κ3) is 57.0. The van der Waals surface area contributed by atoms with Gasteiger partial charge in [-0.05, 0) is 77.0 Å². The molecule has 0 aliphatic rings. The fraction of sp³-hybridized carbons (Fsp3) is 0.806. The van der Waals surface area contributed by atoms with E-state index in [1.54, 1.807) is 0 Å². The fourth-order valence-corrected chi connectivity index (χ4v) is 9.14. The number of hydrogen-bond donors (Lipinski definition) is 0. The number of allylic oxidation sites excluding steroid dienone is 10. The topological polar surface area (TPSA) is 111 Å². The Morgan fingerprint density at radius 3 is 1.19 bits per heavy atom. The summed E-state index contributed by atoms with van der Waals surface area (Å²) in [6, 6.07) is 0.